The molecule has 1 heterocycles. The summed E-state index contributed by atoms with van der Waals surface area (Å²) < 4.78 is 13.3. The molecule has 2 N–H and O–H groups in total. The zero-order valence-corrected chi connectivity index (χ0v) is 11.2. The van der Waals surface area contributed by atoms with E-state index in [1.165, 1.54) is 17.0 Å². The van der Waals surface area contributed by atoms with Crippen molar-refractivity contribution in [1.29, 1.82) is 0 Å². The summed E-state index contributed by atoms with van der Waals surface area (Å²) in [5.74, 6) is -2.45. The largest absolute Gasteiger partial charge is 0.479 e. The van der Waals surface area contributed by atoms with Crippen LogP contribution in [0.2, 0.25) is 5.02 Å². The van der Waals surface area contributed by atoms with Crippen molar-refractivity contribution in [2.75, 3.05) is 13.1 Å². The van der Waals surface area contributed by atoms with E-state index < -0.39 is 23.3 Å². The Labute approximate surface area is 119 Å². The van der Waals surface area contributed by atoms with Crippen molar-refractivity contribution in [2.45, 2.75) is 18.4 Å². The number of likely N-dealkylation sites (tertiary alicyclic amines) is 1. The van der Waals surface area contributed by atoms with E-state index in [2.05, 4.69) is 0 Å². The van der Waals surface area contributed by atoms with Crippen molar-refractivity contribution in [3.05, 3.63) is 34.6 Å². The Morgan fingerprint density at radius 1 is 1.30 bits per heavy atom. The average Bonchev–Trinajstić information content (AvgIpc) is 2.42. The molecule has 0 saturated carbocycles. The van der Waals surface area contributed by atoms with Crippen LogP contribution in [0.5, 0.6) is 0 Å². The highest BCUT2D eigenvalue weighted by Crippen LogP contribution is 2.26. The molecular formula is C13H13ClFNO4. The molecule has 0 aliphatic carbocycles. The highest BCUT2D eigenvalue weighted by Gasteiger charge is 2.40. The number of piperidine rings is 1. The normalized spacial score (nSPS) is 17.9. The quantitative estimate of drug-likeness (QED) is 0.868. The van der Waals surface area contributed by atoms with E-state index in [-0.39, 0.29) is 36.5 Å². The number of carboxylic acids is 1. The summed E-state index contributed by atoms with van der Waals surface area (Å²) in [6, 6.07) is 3.94. The third kappa shape index (κ3) is 2.62. The minimum absolute atomic E-state index is 0.0347. The maximum absolute atomic E-state index is 13.3. The van der Waals surface area contributed by atoms with Gasteiger partial charge in [-0.05, 0) is 12.1 Å². The number of benzene rings is 1. The van der Waals surface area contributed by atoms with Gasteiger partial charge in [0.15, 0.2) is 5.60 Å². The van der Waals surface area contributed by atoms with Crippen LogP contribution in [0.25, 0.3) is 0 Å². The van der Waals surface area contributed by atoms with Crippen LogP contribution in [0.3, 0.4) is 0 Å². The molecule has 0 unspecified atom stereocenters. The molecule has 1 aromatic carbocycles. The lowest BCUT2D eigenvalue weighted by molar-refractivity contribution is -0.162. The molecule has 0 aromatic heterocycles. The van der Waals surface area contributed by atoms with Crippen molar-refractivity contribution in [2.24, 2.45) is 0 Å². The lowest BCUT2D eigenvalue weighted by Gasteiger charge is -2.35. The zero-order chi connectivity index (χ0) is 14.9. The Morgan fingerprint density at radius 2 is 1.90 bits per heavy atom. The van der Waals surface area contributed by atoms with Crippen LogP contribution in [-0.4, -0.2) is 45.7 Å². The molecule has 1 fully saturated rings. The molecule has 20 heavy (non-hydrogen) atoms. The van der Waals surface area contributed by atoms with Crippen LogP contribution >= 0.6 is 11.6 Å². The second kappa shape index (κ2) is 5.38. The van der Waals surface area contributed by atoms with Crippen LogP contribution in [0.15, 0.2) is 18.2 Å². The molecule has 108 valence electrons. The maximum Gasteiger partial charge on any atom is 0.335 e. The van der Waals surface area contributed by atoms with Gasteiger partial charge in [0.1, 0.15) is 5.82 Å². The fourth-order valence-electron chi connectivity index (χ4n) is 2.13. The second-order valence-electron chi connectivity index (χ2n) is 4.73. The van der Waals surface area contributed by atoms with Gasteiger partial charge in [-0.1, -0.05) is 17.7 Å². The molecule has 0 atom stereocenters. The lowest BCUT2D eigenvalue weighted by Crippen LogP contribution is -2.50. The van der Waals surface area contributed by atoms with Gasteiger partial charge in [-0.3, -0.25) is 4.79 Å². The monoisotopic (exact) mass is 301 g/mol. The lowest BCUT2D eigenvalue weighted by atomic mass is 9.91. The summed E-state index contributed by atoms with van der Waals surface area (Å²) in [4.78, 5) is 24.5. The number of carbonyl (C=O) groups excluding carboxylic acids is 1. The first-order valence-electron chi connectivity index (χ1n) is 6.04. The fraction of sp³-hybridized carbons (Fsp3) is 0.385. The van der Waals surface area contributed by atoms with Crippen LogP contribution in [0.1, 0.15) is 23.2 Å². The molecule has 5 nitrogen and oxygen atoms in total. The molecule has 1 aromatic rings. The molecular weight excluding hydrogens is 289 g/mol. The summed E-state index contributed by atoms with van der Waals surface area (Å²) in [6.07, 6.45) is -0.137. The average molecular weight is 302 g/mol. The van der Waals surface area contributed by atoms with Crippen LogP contribution in [0, 0.1) is 5.82 Å². The van der Waals surface area contributed by atoms with Crippen molar-refractivity contribution >= 4 is 23.5 Å². The number of halogens is 2. The Bertz CT molecular complexity index is 555. The Hall–Kier alpha value is -1.66. The third-order valence-electron chi connectivity index (χ3n) is 3.46. The molecule has 1 amide bonds. The van der Waals surface area contributed by atoms with Gasteiger partial charge in [0.2, 0.25) is 0 Å². The van der Waals surface area contributed by atoms with Gasteiger partial charge in [-0.2, -0.15) is 0 Å². The van der Waals surface area contributed by atoms with Gasteiger partial charge in [0.05, 0.1) is 10.6 Å². The number of carbonyl (C=O) groups is 2. The van der Waals surface area contributed by atoms with E-state index in [1.54, 1.807) is 0 Å². The minimum Gasteiger partial charge on any atom is -0.479 e. The Balaban J connectivity index is 2.13. The number of nitrogens with zero attached hydrogens (tertiary/aromatic N) is 1. The van der Waals surface area contributed by atoms with E-state index in [9.17, 15) is 19.1 Å². The second-order valence-corrected chi connectivity index (χ2v) is 5.11. The molecule has 0 spiro atoms. The number of rotatable bonds is 2. The van der Waals surface area contributed by atoms with E-state index in [0.717, 1.165) is 6.07 Å². The van der Waals surface area contributed by atoms with E-state index in [4.69, 9.17) is 16.7 Å². The van der Waals surface area contributed by atoms with Crippen LogP contribution in [-0.2, 0) is 4.79 Å². The zero-order valence-electron chi connectivity index (χ0n) is 10.5. The molecule has 1 aliphatic rings. The van der Waals surface area contributed by atoms with Gasteiger partial charge in [-0.15, -0.1) is 0 Å². The number of aliphatic hydroxyl groups is 1. The van der Waals surface area contributed by atoms with Crippen molar-refractivity contribution in [3.8, 4) is 0 Å². The van der Waals surface area contributed by atoms with Gasteiger partial charge < -0.3 is 15.1 Å². The van der Waals surface area contributed by atoms with Crippen molar-refractivity contribution < 1.29 is 24.2 Å². The van der Waals surface area contributed by atoms with Gasteiger partial charge >= 0.3 is 5.97 Å². The smallest absolute Gasteiger partial charge is 0.335 e. The fourth-order valence-corrected chi connectivity index (χ4v) is 2.34. The molecule has 1 saturated heterocycles. The number of amides is 1. The maximum atomic E-state index is 13.3. The Morgan fingerprint density at radius 3 is 2.45 bits per heavy atom. The van der Waals surface area contributed by atoms with Gasteiger partial charge in [0, 0.05) is 25.9 Å². The predicted molar refractivity (Wildman–Crippen MR) is 69.1 cm³/mol. The summed E-state index contributed by atoms with van der Waals surface area (Å²) in [5, 5.41) is 18.4. The number of hydrogen-bond donors (Lipinski definition) is 2. The predicted octanol–water partition coefficient (Wildman–Crippen LogP) is 1.53. The molecule has 1 aliphatic heterocycles. The topological polar surface area (TPSA) is 77.8 Å². The minimum atomic E-state index is -1.80. The van der Waals surface area contributed by atoms with Gasteiger partial charge in [-0.25, -0.2) is 9.18 Å². The Kier molecular flexibility index (Phi) is 3.96. The molecule has 0 bridgehead atoms. The van der Waals surface area contributed by atoms with E-state index >= 15 is 0 Å². The first kappa shape index (κ1) is 14.7. The van der Waals surface area contributed by atoms with Crippen LogP contribution in [0.4, 0.5) is 4.39 Å². The summed E-state index contributed by atoms with van der Waals surface area (Å²) in [5.41, 5.74) is -1.77. The number of aliphatic carboxylic acids is 1. The molecule has 0 radical (unpaired) electrons. The number of hydrogen-bond acceptors (Lipinski definition) is 3. The molecule has 7 heteroatoms. The van der Waals surface area contributed by atoms with Gasteiger partial charge in [0.25, 0.3) is 5.91 Å². The standard InChI is InChI=1S/C13H13ClFNO4/c14-10-8(2-1-3-9(10)15)11(17)16-6-4-13(20,5-7-16)12(18)19/h1-3,20H,4-7H2,(H,18,19). The first-order valence-corrected chi connectivity index (χ1v) is 6.42. The van der Waals surface area contributed by atoms with E-state index in [0.29, 0.717) is 0 Å². The molecule has 2 rings (SSSR count). The first-order chi connectivity index (χ1) is 9.35. The summed E-state index contributed by atoms with van der Waals surface area (Å²) in [7, 11) is 0. The van der Waals surface area contributed by atoms with Crippen molar-refractivity contribution in [3.63, 3.8) is 0 Å². The van der Waals surface area contributed by atoms with Crippen molar-refractivity contribution in [1.82, 2.24) is 4.90 Å². The summed E-state index contributed by atoms with van der Waals surface area (Å²) >= 11 is 5.75. The van der Waals surface area contributed by atoms with Crippen LogP contribution < -0.4 is 0 Å². The van der Waals surface area contributed by atoms with E-state index in [1.807, 2.05) is 0 Å². The third-order valence-corrected chi connectivity index (χ3v) is 3.84. The highest BCUT2D eigenvalue weighted by atomic mass is 35.5. The SMILES string of the molecule is O=C(c1cccc(F)c1Cl)N1CCC(O)(C(=O)O)CC1. The highest BCUT2D eigenvalue weighted by molar-refractivity contribution is 6.34. The number of carboxylic acid groups (broad SMARTS) is 1. The summed E-state index contributed by atoms with van der Waals surface area (Å²) in [6.45, 7) is 0.156.